The quantitative estimate of drug-likeness (QED) is 0.802. The van der Waals surface area contributed by atoms with Gasteiger partial charge in [-0.15, -0.1) is 0 Å². The van der Waals surface area contributed by atoms with E-state index in [9.17, 15) is 4.79 Å². The van der Waals surface area contributed by atoms with Gasteiger partial charge in [0.05, 0.1) is 24.6 Å². The summed E-state index contributed by atoms with van der Waals surface area (Å²) in [5.74, 6) is 1.43. The highest BCUT2D eigenvalue weighted by atomic mass is 16.5. The van der Waals surface area contributed by atoms with E-state index >= 15 is 0 Å². The van der Waals surface area contributed by atoms with E-state index in [0.29, 0.717) is 25.6 Å². The van der Waals surface area contributed by atoms with Gasteiger partial charge >= 0.3 is 6.03 Å². The van der Waals surface area contributed by atoms with Crippen LogP contribution in [0.4, 0.5) is 10.6 Å². The predicted molar refractivity (Wildman–Crippen MR) is 106 cm³/mol. The van der Waals surface area contributed by atoms with Crippen LogP contribution < -0.4 is 4.90 Å². The second-order valence-electron chi connectivity index (χ2n) is 8.17. The average molecular weight is 381 g/mol. The van der Waals surface area contributed by atoms with Crippen molar-refractivity contribution in [3.05, 3.63) is 30.1 Å². The number of anilines is 1. The van der Waals surface area contributed by atoms with Gasteiger partial charge < -0.3 is 9.64 Å². The van der Waals surface area contributed by atoms with Crippen molar-refractivity contribution in [3.63, 3.8) is 0 Å². The molecule has 1 saturated heterocycles. The third-order valence-corrected chi connectivity index (χ3v) is 6.31. The summed E-state index contributed by atoms with van der Waals surface area (Å²) in [4.78, 5) is 22.1. The number of pyridine rings is 1. The number of fused-ring (bicyclic) bond motifs is 1. The molecular weight excluding hydrogens is 354 g/mol. The van der Waals surface area contributed by atoms with Gasteiger partial charge in [-0.25, -0.2) is 9.78 Å². The summed E-state index contributed by atoms with van der Waals surface area (Å²) in [5.41, 5.74) is 2.98. The molecule has 1 aliphatic carbocycles. The fourth-order valence-electron chi connectivity index (χ4n) is 4.46. The first-order valence-corrected chi connectivity index (χ1v) is 10.4. The van der Waals surface area contributed by atoms with Gasteiger partial charge in [0.1, 0.15) is 5.82 Å². The number of urea groups is 1. The summed E-state index contributed by atoms with van der Waals surface area (Å²) >= 11 is 0. The zero-order chi connectivity index (χ0) is 19.1. The van der Waals surface area contributed by atoms with Crippen LogP contribution in [0.15, 0.2) is 24.5 Å². The molecule has 0 bridgehead atoms. The zero-order valence-electron chi connectivity index (χ0n) is 16.4. The Balaban J connectivity index is 1.39. The number of amides is 2. The minimum absolute atomic E-state index is 0.0735. The average Bonchev–Trinajstić information content (AvgIpc) is 3.12. The topological polar surface area (TPSA) is 63.5 Å². The highest BCUT2D eigenvalue weighted by Gasteiger charge is 2.36. The van der Waals surface area contributed by atoms with E-state index in [4.69, 9.17) is 9.72 Å². The van der Waals surface area contributed by atoms with Crippen LogP contribution in [0.3, 0.4) is 0 Å². The van der Waals surface area contributed by atoms with Gasteiger partial charge in [0, 0.05) is 38.4 Å². The lowest BCUT2D eigenvalue weighted by atomic mass is 9.80. The first-order valence-electron chi connectivity index (χ1n) is 10.4. The zero-order valence-corrected chi connectivity index (χ0v) is 16.4. The Hall–Kier alpha value is -2.41. The molecule has 7 nitrogen and oxygen atoms in total. The Morgan fingerprint density at radius 2 is 2.11 bits per heavy atom. The molecule has 2 amide bonds. The van der Waals surface area contributed by atoms with Gasteiger partial charge in [0.2, 0.25) is 0 Å². The Morgan fingerprint density at radius 1 is 1.21 bits per heavy atom. The van der Waals surface area contributed by atoms with E-state index in [1.54, 1.807) is 4.68 Å². The molecule has 1 saturated carbocycles. The van der Waals surface area contributed by atoms with Crippen LogP contribution in [0.2, 0.25) is 0 Å². The van der Waals surface area contributed by atoms with Gasteiger partial charge in [-0.05, 0) is 43.2 Å². The van der Waals surface area contributed by atoms with Crippen molar-refractivity contribution in [3.8, 4) is 11.3 Å². The first kappa shape index (κ1) is 17.7. The fraction of sp³-hybridized carbons (Fsp3) is 0.571. The molecule has 2 aromatic heterocycles. The smallest absolute Gasteiger partial charge is 0.325 e. The molecule has 2 fully saturated rings. The van der Waals surface area contributed by atoms with Gasteiger partial charge in [0.15, 0.2) is 0 Å². The minimum Gasteiger partial charge on any atom is -0.374 e. The van der Waals surface area contributed by atoms with Crippen LogP contribution in [0.1, 0.15) is 31.2 Å². The van der Waals surface area contributed by atoms with Crippen LogP contribution in [0.25, 0.3) is 11.3 Å². The summed E-state index contributed by atoms with van der Waals surface area (Å²) in [6.07, 6.45) is 9.66. The number of hydrogen-bond acceptors (Lipinski definition) is 4. The maximum atomic E-state index is 13.4. The van der Waals surface area contributed by atoms with Crippen molar-refractivity contribution in [1.29, 1.82) is 0 Å². The van der Waals surface area contributed by atoms with Gasteiger partial charge in [0.25, 0.3) is 0 Å². The number of morpholine rings is 1. The number of hydrogen-bond donors (Lipinski definition) is 0. The normalized spacial score (nSPS) is 22.7. The van der Waals surface area contributed by atoms with E-state index in [0.717, 1.165) is 42.0 Å². The Morgan fingerprint density at radius 3 is 2.86 bits per heavy atom. The van der Waals surface area contributed by atoms with E-state index < -0.39 is 0 Å². The minimum atomic E-state index is 0.0735. The molecule has 1 atom stereocenters. The lowest BCUT2D eigenvalue weighted by molar-refractivity contribution is -0.0622. The molecular formula is C21H27N5O2. The third kappa shape index (κ3) is 3.17. The number of carbonyl (C=O) groups excluding carboxylic acids is 1. The van der Waals surface area contributed by atoms with Crippen molar-refractivity contribution in [2.24, 2.45) is 13.0 Å². The van der Waals surface area contributed by atoms with E-state index in [2.05, 4.69) is 11.2 Å². The van der Waals surface area contributed by atoms with Crippen LogP contribution in [-0.4, -0.2) is 58.0 Å². The summed E-state index contributed by atoms with van der Waals surface area (Å²) in [6, 6.07) is 4.22. The maximum absolute atomic E-state index is 13.4. The molecule has 5 rings (SSSR count). The molecule has 0 radical (unpaired) electrons. The van der Waals surface area contributed by atoms with Gasteiger partial charge in [-0.1, -0.05) is 12.5 Å². The number of aromatic nitrogens is 3. The molecule has 4 heterocycles. The van der Waals surface area contributed by atoms with Crippen LogP contribution >= 0.6 is 0 Å². The highest BCUT2D eigenvalue weighted by molar-refractivity contribution is 5.92. The lowest BCUT2D eigenvalue weighted by Gasteiger charge is -2.42. The van der Waals surface area contributed by atoms with E-state index in [1.165, 1.54) is 19.3 Å². The number of nitrogens with zero attached hydrogens (tertiary/aromatic N) is 5. The largest absolute Gasteiger partial charge is 0.374 e. The Labute approximate surface area is 165 Å². The van der Waals surface area contributed by atoms with Crippen molar-refractivity contribution >= 4 is 11.8 Å². The molecule has 2 aliphatic heterocycles. The standard InChI is InChI=1S/C21H27N5O2/c1-24-13-17(12-22-24)18-8-7-16-6-3-9-26(20(16)23-18)21(27)25-10-11-28-19(14-25)15-4-2-5-15/h7-8,12-13,15,19H,2-6,9-11,14H2,1H3. The molecule has 1 unspecified atom stereocenters. The Kier molecular flexibility index (Phi) is 4.55. The number of ether oxygens (including phenoxy) is 1. The summed E-state index contributed by atoms with van der Waals surface area (Å²) in [7, 11) is 1.90. The monoisotopic (exact) mass is 381 g/mol. The highest BCUT2D eigenvalue weighted by Crippen LogP contribution is 2.34. The van der Waals surface area contributed by atoms with Crippen LogP contribution in [0.5, 0.6) is 0 Å². The van der Waals surface area contributed by atoms with Gasteiger partial charge in [-0.3, -0.25) is 9.58 Å². The number of aryl methyl sites for hydroxylation is 2. The number of carbonyl (C=O) groups is 1. The van der Waals surface area contributed by atoms with Crippen molar-refractivity contribution in [1.82, 2.24) is 19.7 Å². The molecule has 0 N–H and O–H groups in total. The predicted octanol–water partition coefficient (Wildman–Crippen LogP) is 2.86. The van der Waals surface area contributed by atoms with Crippen LogP contribution in [-0.2, 0) is 18.2 Å². The van der Waals surface area contributed by atoms with Crippen molar-refractivity contribution in [2.45, 2.75) is 38.2 Å². The second-order valence-corrected chi connectivity index (χ2v) is 8.17. The molecule has 28 heavy (non-hydrogen) atoms. The molecule has 0 spiro atoms. The van der Waals surface area contributed by atoms with Crippen molar-refractivity contribution in [2.75, 3.05) is 31.1 Å². The lowest BCUT2D eigenvalue weighted by Crippen LogP contribution is -2.54. The van der Waals surface area contributed by atoms with E-state index in [1.807, 2.05) is 35.3 Å². The van der Waals surface area contributed by atoms with Crippen molar-refractivity contribution < 1.29 is 9.53 Å². The number of rotatable bonds is 2. The van der Waals surface area contributed by atoms with Gasteiger partial charge in [-0.2, -0.15) is 5.10 Å². The molecule has 0 aromatic carbocycles. The van der Waals surface area contributed by atoms with Crippen LogP contribution in [0, 0.1) is 5.92 Å². The third-order valence-electron chi connectivity index (χ3n) is 6.31. The van der Waals surface area contributed by atoms with E-state index in [-0.39, 0.29) is 12.1 Å². The second kappa shape index (κ2) is 7.20. The SMILES string of the molecule is Cn1cc(-c2ccc3c(n2)N(C(=O)N2CCOC(C4CCC4)C2)CCC3)cn1. The molecule has 2 aromatic rings. The summed E-state index contributed by atoms with van der Waals surface area (Å²) < 4.78 is 7.73. The fourth-order valence-corrected chi connectivity index (χ4v) is 4.46. The first-order chi connectivity index (χ1) is 13.7. The molecule has 7 heteroatoms. The summed E-state index contributed by atoms with van der Waals surface area (Å²) in [5, 5.41) is 4.25. The maximum Gasteiger partial charge on any atom is 0.325 e. The summed E-state index contributed by atoms with van der Waals surface area (Å²) in [6.45, 7) is 2.73. The Bertz CT molecular complexity index is 875. The molecule has 148 valence electrons. The molecule has 3 aliphatic rings.